The van der Waals surface area contributed by atoms with Crippen molar-refractivity contribution in [3.05, 3.63) is 65.0 Å². The molecule has 6 heteroatoms. The van der Waals surface area contributed by atoms with E-state index in [1.807, 2.05) is 53.9 Å². The van der Waals surface area contributed by atoms with Crippen LogP contribution in [0.1, 0.15) is 24.5 Å². The van der Waals surface area contributed by atoms with E-state index >= 15 is 0 Å². The number of ether oxygens (including phenoxy) is 1. The fourth-order valence-electron chi connectivity index (χ4n) is 2.37. The zero-order valence-corrected chi connectivity index (χ0v) is 16.1. The van der Waals surface area contributed by atoms with Crippen molar-refractivity contribution < 1.29 is 4.74 Å². The number of hydrogen-bond donors (Lipinski definition) is 1. The molecule has 0 radical (unpaired) electrons. The van der Waals surface area contributed by atoms with Gasteiger partial charge < -0.3 is 4.74 Å². The summed E-state index contributed by atoms with van der Waals surface area (Å²) in [6.45, 7) is 2.77. The molecular formula is C20H20ClN3OS. The smallest absolute Gasteiger partial charge is 0.203 e. The third-order valence-corrected chi connectivity index (χ3v) is 4.67. The lowest BCUT2D eigenvalue weighted by molar-refractivity contribution is 0.315. The van der Waals surface area contributed by atoms with E-state index < -0.39 is 0 Å². The van der Waals surface area contributed by atoms with Crippen LogP contribution in [0.15, 0.2) is 59.0 Å². The van der Waals surface area contributed by atoms with Crippen LogP contribution in [0.4, 0.5) is 5.13 Å². The molecule has 0 atom stereocenters. The van der Waals surface area contributed by atoms with Gasteiger partial charge in [-0.25, -0.2) is 4.98 Å². The molecule has 1 heterocycles. The van der Waals surface area contributed by atoms with Crippen LogP contribution in [0.2, 0.25) is 0 Å². The Balaban J connectivity index is 1.64. The molecule has 0 aliphatic rings. The van der Waals surface area contributed by atoms with Crippen molar-refractivity contribution in [2.24, 2.45) is 5.10 Å². The Bertz CT molecular complexity index is 865. The molecule has 0 aliphatic carbocycles. The number of nitrogens with one attached hydrogen (secondary N) is 1. The lowest BCUT2D eigenvalue weighted by atomic mass is 10.1. The summed E-state index contributed by atoms with van der Waals surface area (Å²) in [5.74, 6) is 1.24. The summed E-state index contributed by atoms with van der Waals surface area (Å²) < 4.78 is 5.70. The van der Waals surface area contributed by atoms with Crippen molar-refractivity contribution in [3.63, 3.8) is 0 Å². The van der Waals surface area contributed by atoms with Gasteiger partial charge in [-0.1, -0.05) is 37.3 Å². The molecule has 0 aliphatic heterocycles. The Kier molecular flexibility index (Phi) is 6.63. The van der Waals surface area contributed by atoms with Gasteiger partial charge in [0, 0.05) is 16.5 Å². The SMILES string of the molecule is CCCOc1ccc(C=NNc2nc(-c3ccccc3)cs2)cc1CCl. The van der Waals surface area contributed by atoms with E-state index in [2.05, 4.69) is 22.4 Å². The van der Waals surface area contributed by atoms with Gasteiger partial charge in [-0.3, -0.25) is 5.43 Å². The van der Waals surface area contributed by atoms with Gasteiger partial charge in [0.1, 0.15) is 5.75 Å². The number of hydrazone groups is 1. The van der Waals surface area contributed by atoms with Gasteiger partial charge in [0.15, 0.2) is 0 Å². The maximum Gasteiger partial charge on any atom is 0.203 e. The molecule has 4 nitrogen and oxygen atoms in total. The lowest BCUT2D eigenvalue weighted by Gasteiger charge is -2.09. The van der Waals surface area contributed by atoms with Crippen LogP contribution in [0, 0.1) is 0 Å². The Labute approximate surface area is 162 Å². The van der Waals surface area contributed by atoms with Crippen LogP contribution >= 0.6 is 22.9 Å². The largest absolute Gasteiger partial charge is 0.493 e. The molecule has 26 heavy (non-hydrogen) atoms. The number of alkyl halides is 1. The average molecular weight is 386 g/mol. The number of benzene rings is 2. The van der Waals surface area contributed by atoms with Crippen LogP contribution in [0.5, 0.6) is 5.75 Å². The molecule has 0 bridgehead atoms. The lowest BCUT2D eigenvalue weighted by Crippen LogP contribution is -1.99. The van der Waals surface area contributed by atoms with Crippen molar-refractivity contribution in [1.82, 2.24) is 4.98 Å². The van der Waals surface area contributed by atoms with Crippen LogP contribution in [0.25, 0.3) is 11.3 Å². The highest BCUT2D eigenvalue weighted by atomic mass is 35.5. The molecule has 0 saturated heterocycles. The highest BCUT2D eigenvalue weighted by Crippen LogP contribution is 2.25. The maximum absolute atomic E-state index is 6.03. The highest BCUT2D eigenvalue weighted by molar-refractivity contribution is 7.14. The second-order valence-corrected chi connectivity index (χ2v) is 6.75. The van der Waals surface area contributed by atoms with Crippen molar-refractivity contribution in [1.29, 1.82) is 0 Å². The van der Waals surface area contributed by atoms with E-state index in [0.29, 0.717) is 12.5 Å². The summed E-state index contributed by atoms with van der Waals surface area (Å²) in [7, 11) is 0. The van der Waals surface area contributed by atoms with Gasteiger partial charge in [-0.2, -0.15) is 5.10 Å². The van der Waals surface area contributed by atoms with Crippen molar-refractivity contribution >= 4 is 34.3 Å². The number of thiazole rings is 1. The molecule has 3 aromatic rings. The van der Waals surface area contributed by atoms with Gasteiger partial charge in [0.25, 0.3) is 0 Å². The zero-order valence-electron chi connectivity index (χ0n) is 14.5. The molecule has 3 rings (SSSR count). The minimum atomic E-state index is 0.404. The molecule has 0 fully saturated rings. The van der Waals surface area contributed by atoms with E-state index in [9.17, 15) is 0 Å². The average Bonchev–Trinajstić information content (AvgIpc) is 3.16. The number of rotatable bonds is 8. The summed E-state index contributed by atoms with van der Waals surface area (Å²) in [6.07, 6.45) is 2.72. The van der Waals surface area contributed by atoms with Crippen LogP contribution < -0.4 is 10.2 Å². The summed E-state index contributed by atoms with van der Waals surface area (Å²) in [5.41, 5.74) is 6.93. The van der Waals surface area contributed by atoms with Crippen LogP contribution in [-0.4, -0.2) is 17.8 Å². The van der Waals surface area contributed by atoms with Crippen molar-refractivity contribution in [2.45, 2.75) is 19.2 Å². The normalized spacial score (nSPS) is 11.0. The Hall–Kier alpha value is -2.37. The van der Waals surface area contributed by atoms with Crippen LogP contribution in [0.3, 0.4) is 0 Å². The number of hydrogen-bond acceptors (Lipinski definition) is 5. The second-order valence-electron chi connectivity index (χ2n) is 5.62. The fraction of sp³-hybridized carbons (Fsp3) is 0.200. The fourth-order valence-corrected chi connectivity index (χ4v) is 3.24. The van der Waals surface area contributed by atoms with E-state index in [1.54, 1.807) is 6.21 Å². The molecule has 0 spiro atoms. The van der Waals surface area contributed by atoms with E-state index in [1.165, 1.54) is 11.3 Å². The molecule has 134 valence electrons. The first-order valence-electron chi connectivity index (χ1n) is 8.42. The molecule has 0 saturated carbocycles. The second kappa shape index (κ2) is 9.36. The van der Waals surface area contributed by atoms with E-state index in [0.717, 1.165) is 39.7 Å². The summed E-state index contributed by atoms with van der Waals surface area (Å²) in [5, 5.41) is 7.04. The molecule has 2 aromatic carbocycles. The van der Waals surface area contributed by atoms with Gasteiger partial charge in [0.2, 0.25) is 5.13 Å². The van der Waals surface area contributed by atoms with Gasteiger partial charge in [0.05, 0.1) is 24.4 Å². The summed E-state index contributed by atoms with van der Waals surface area (Å²) in [6, 6.07) is 16.0. The molecular weight excluding hydrogens is 366 g/mol. The number of halogens is 1. The predicted molar refractivity (Wildman–Crippen MR) is 111 cm³/mol. The molecule has 1 N–H and O–H groups in total. The molecule has 0 amide bonds. The first-order valence-corrected chi connectivity index (χ1v) is 9.83. The standard InChI is InChI=1S/C20H20ClN3OS/c1-2-10-25-19-9-8-15(11-17(19)12-21)13-22-24-20-23-18(14-26-20)16-6-4-3-5-7-16/h3-9,11,13-14H,2,10,12H2,1H3,(H,23,24). The Morgan fingerprint density at radius 1 is 1.23 bits per heavy atom. The molecule has 1 aromatic heterocycles. The van der Waals surface area contributed by atoms with Crippen molar-refractivity contribution in [3.8, 4) is 17.0 Å². The van der Waals surface area contributed by atoms with Gasteiger partial charge in [-0.05, 0) is 30.2 Å². The Morgan fingerprint density at radius 2 is 2.08 bits per heavy atom. The molecule has 0 unspecified atom stereocenters. The van der Waals surface area contributed by atoms with E-state index in [-0.39, 0.29) is 0 Å². The number of nitrogens with zero attached hydrogens (tertiary/aromatic N) is 2. The minimum absolute atomic E-state index is 0.404. The quantitative estimate of drug-likeness (QED) is 0.303. The third kappa shape index (κ3) is 4.84. The third-order valence-electron chi connectivity index (χ3n) is 3.64. The van der Waals surface area contributed by atoms with Crippen molar-refractivity contribution in [2.75, 3.05) is 12.0 Å². The zero-order chi connectivity index (χ0) is 18.2. The minimum Gasteiger partial charge on any atom is -0.493 e. The van der Waals surface area contributed by atoms with Crippen LogP contribution in [-0.2, 0) is 5.88 Å². The Morgan fingerprint density at radius 3 is 2.85 bits per heavy atom. The van der Waals surface area contributed by atoms with Gasteiger partial charge in [-0.15, -0.1) is 22.9 Å². The van der Waals surface area contributed by atoms with Gasteiger partial charge >= 0.3 is 0 Å². The van der Waals surface area contributed by atoms with E-state index in [4.69, 9.17) is 16.3 Å². The summed E-state index contributed by atoms with van der Waals surface area (Å²) >= 11 is 7.55. The number of aromatic nitrogens is 1. The summed E-state index contributed by atoms with van der Waals surface area (Å²) in [4.78, 5) is 4.55. The predicted octanol–water partition coefficient (Wildman–Crippen LogP) is 5.78. The topological polar surface area (TPSA) is 46.5 Å². The first kappa shape index (κ1) is 18.4. The first-order chi connectivity index (χ1) is 12.8. The maximum atomic E-state index is 6.03. The number of anilines is 1. The monoisotopic (exact) mass is 385 g/mol. The highest BCUT2D eigenvalue weighted by Gasteiger charge is 2.05.